The van der Waals surface area contributed by atoms with Crippen LogP contribution in [-0.2, 0) is 4.74 Å². The molecule has 3 N–H and O–H groups in total. The van der Waals surface area contributed by atoms with Crippen molar-refractivity contribution in [2.75, 3.05) is 11.1 Å². The Bertz CT molecular complexity index is 402. The summed E-state index contributed by atoms with van der Waals surface area (Å²) >= 11 is 3.25. The first kappa shape index (κ1) is 12.8. The van der Waals surface area contributed by atoms with Crippen LogP contribution in [0.25, 0.3) is 0 Å². The second kappa shape index (κ2) is 4.69. The minimum absolute atomic E-state index is 0.328. The van der Waals surface area contributed by atoms with Crippen molar-refractivity contribution >= 4 is 33.5 Å². The normalized spacial score (nSPS) is 11.0. The highest BCUT2D eigenvalue weighted by molar-refractivity contribution is 9.10. The van der Waals surface area contributed by atoms with Crippen LogP contribution < -0.4 is 11.1 Å². The molecule has 0 aliphatic rings. The van der Waals surface area contributed by atoms with E-state index >= 15 is 0 Å². The second-order valence-corrected chi connectivity index (χ2v) is 5.07. The molecule has 1 aromatic rings. The third-order valence-corrected chi connectivity index (χ3v) is 2.14. The lowest BCUT2D eigenvalue weighted by Gasteiger charge is -2.20. The van der Waals surface area contributed by atoms with E-state index in [9.17, 15) is 4.79 Å². The number of nitrogen functional groups attached to an aromatic ring is 1. The van der Waals surface area contributed by atoms with Crippen molar-refractivity contribution in [1.29, 1.82) is 0 Å². The fraction of sp³-hybridized carbons (Fsp3) is 0.400. The van der Waals surface area contributed by atoms with E-state index in [4.69, 9.17) is 10.5 Å². The largest absolute Gasteiger partial charge is 0.444 e. The topological polar surface area (TPSA) is 77.2 Å². The average molecular weight is 288 g/mol. The van der Waals surface area contributed by atoms with Crippen LogP contribution in [0.15, 0.2) is 16.7 Å². The zero-order valence-corrected chi connectivity index (χ0v) is 11.0. The summed E-state index contributed by atoms with van der Waals surface area (Å²) in [5.74, 6) is 0.328. The summed E-state index contributed by atoms with van der Waals surface area (Å²) in [6.07, 6.45) is 0.987. The van der Waals surface area contributed by atoms with Crippen LogP contribution in [0.2, 0.25) is 0 Å². The first-order valence-electron chi connectivity index (χ1n) is 4.69. The molecular formula is C10H14BrN3O2. The number of rotatable bonds is 1. The first-order chi connectivity index (χ1) is 7.28. The number of hydrogen-bond acceptors (Lipinski definition) is 4. The van der Waals surface area contributed by atoms with Crippen molar-refractivity contribution < 1.29 is 9.53 Å². The molecule has 0 saturated heterocycles. The van der Waals surface area contributed by atoms with Gasteiger partial charge >= 0.3 is 6.09 Å². The summed E-state index contributed by atoms with van der Waals surface area (Å²) in [4.78, 5) is 15.3. The Morgan fingerprint density at radius 2 is 2.19 bits per heavy atom. The number of nitrogens with one attached hydrogen (secondary N) is 1. The number of hydrogen-bond donors (Lipinski definition) is 2. The standard InChI is InChI=1S/C10H14BrN3O2/c1-10(2,3)16-9(15)14-7-4-8(12)13-5-6(7)11/h4-5H,1-3H3,(H3,12,13,14,15). The highest BCUT2D eigenvalue weighted by Gasteiger charge is 2.17. The Morgan fingerprint density at radius 1 is 1.56 bits per heavy atom. The number of carbonyl (C=O) groups excluding carboxylic acids is 1. The number of amides is 1. The molecule has 0 aliphatic heterocycles. The Balaban J connectivity index is 2.73. The number of pyridine rings is 1. The molecular weight excluding hydrogens is 274 g/mol. The molecule has 0 bridgehead atoms. The maximum absolute atomic E-state index is 11.5. The number of ether oxygens (including phenoxy) is 1. The molecule has 0 spiro atoms. The van der Waals surface area contributed by atoms with Crippen molar-refractivity contribution in [3.8, 4) is 0 Å². The zero-order chi connectivity index (χ0) is 12.3. The predicted octanol–water partition coefficient (Wildman–Crippen LogP) is 2.77. The molecule has 6 heteroatoms. The molecule has 0 atom stereocenters. The summed E-state index contributed by atoms with van der Waals surface area (Å²) in [7, 11) is 0. The Kier molecular flexibility index (Phi) is 3.74. The van der Waals surface area contributed by atoms with Gasteiger partial charge in [-0.25, -0.2) is 9.78 Å². The maximum atomic E-state index is 11.5. The number of halogens is 1. The summed E-state index contributed by atoms with van der Waals surface area (Å²) in [5, 5.41) is 2.58. The number of anilines is 2. The predicted molar refractivity (Wildman–Crippen MR) is 66.2 cm³/mol. The minimum atomic E-state index is -0.533. The number of nitrogens with zero attached hydrogens (tertiary/aromatic N) is 1. The van der Waals surface area contributed by atoms with Gasteiger partial charge in [0.15, 0.2) is 0 Å². The molecule has 88 valence electrons. The fourth-order valence-corrected chi connectivity index (χ4v) is 1.28. The molecule has 16 heavy (non-hydrogen) atoms. The third kappa shape index (κ3) is 4.06. The van der Waals surface area contributed by atoms with Gasteiger partial charge in [0, 0.05) is 12.3 Å². The molecule has 5 nitrogen and oxygen atoms in total. The average Bonchev–Trinajstić information content (AvgIpc) is 2.08. The van der Waals surface area contributed by atoms with Crippen LogP contribution >= 0.6 is 15.9 Å². The molecule has 1 heterocycles. The van der Waals surface area contributed by atoms with Crippen LogP contribution in [0.4, 0.5) is 16.3 Å². The molecule has 1 rings (SSSR count). The summed E-state index contributed by atoms with van der Waals surface area (Å²) in [5.41, 5.74) is 5.50. The van der Waals surface area contributed by atoms with Crippen LogP contribution in [0.3, 0.4) is 0 Å². The van der Waals surface area contributed by atoms with E-state index in [1.165, 1.54) is 6.20 Å². The highest BCUT2D eigenvalue weighted by atomic mass is 79.9. The summed E-state index contributed by atoms with van der Waals surface area (Å²) in [6, 6.07) is 1.55. The van der Waals surface area contributed by atoms with E-state index < -0.39 is 11.7 Å². The van der Waals surface area contributed by atoms with Gasteiger partial charge in [-0.2, -0.15) is 0 Å². The lowest BCUT2D eigenvalue weighted by atomic mass is 10.2. The smallest absolute Gasteiger partial charge is 0.412 e. The monoisotopic (exact) mass is 287 g/mol. The summed E-state index contributed by atoms with van der Waals surface area (Å²) < 4.78 is 5.75. The van der Waals surface area contributed by atoms with E-state index in [1.54, 1.807) is 26.8 Å². The Hall–Kier alpha value is -1.30. The molecule has 0 fully saturated rings. The van der Waals surface area contributed by atoms with Gasteiger partial charge in [0.25, 0.3) is 0 Å². The van der Waals surface area contributed by atoms with Gasteiger partial charge in [0.1, 0.15) is 11.4 Å². The van der Waals surface area contributed by atoms with Crippen molar-refractivity contribution in [1.82, 2.24) is 4.98 Å². The van der Waals surface area contributed by atoms with E-state index in [0.717, 1.165) is 0 Å². The van der Waals surface area contributed by atoms with Crippen LogP contribution in [-0.4, -0.2) is 16.7 Å². The first-order valence-corrected chi connectivity index (χ1v) is 5.48. The van der Waals surface area contributed by atoms with Gasteiger partial charge in [0.2, 0.25) is 0 Å². The van der Waals surface area contributed by atoms with Gasteiger partial charge in [-0.1, -0.05) is 0 Å². The van der Waals surface area contributed by atoms with Gasteiger partial charge < -0.3 is 10.5 Å². The zero-order valence-electron chi connectivity index (χ0n) is 9.37. The number of carbonyl (C=O) groups is 1. The minimum Gasteiger partial charge on any atom is -0.444 e. The highest BCUT2D eigenvalue weighted by Crippen LogP contribution is 2.23. The second-order valence-electron chi connectivity index (χ2n) is 4.22. The third-order valence-electron chi connectivity index (χ3n) is 1.51. The van der Waals surface area contributed by atoms with Gasteiger partial charge in [-0.3, -0.25) is 5.32 Å². The quantitative estimate of drug-likeness (QED) is 0.833. The van der Waals surface area contributed by atoms with Crippen LogP contribution in [0.1, 0.15) is 20.8 Å². The Morgan fingerprint density at radius 3 is 2.75 bits per heavy atom. The van der Waals surface area contributed by atoms with Crippen molar-refractivity contribution in [2.45, 2.75) is 26.4 Å². The Labute approximate surface area is 103 Å². The van der Waals surface area contributed by atoms with Gasteiger partial charge in [-0.05, 0) is 36.7 Å². The van der Waals surface area contributed by atoms with E-state index in [1.807, 2.05) is 0 Å². The van der Waals surface area contributed by atoms with E-state index in [2.05, 4.69) is 26.2 Å². The molecule has 0 radical (unpaired) electrons. The molecule has 0 aliphatic carbocycles. The fourth-order valence-electron chi connectivity index (χ4n) is 0.964. The number of aromatic nitrogens is 1. The van der Waals surface area contributed by atoms with Crippen LogP contribution in [0, 0.1) is 0 Å². The molecule has 0 aromatic carbocycles. The van der Waals surface area contributed by atoms with Gasteiger partial charge in [-0.15, -0.1) is 0 Å². The molecule has 1 aromatic heterocycles. The maximum Gasteiger partial charge on any atom is 0.412 e. The van der Waals surface area contributed by atoms with Crippen molar-refractivity contribution in [3.05, 3.63) is 16.7 Å². The number of nitrogens with two attached hydrogens (primary N) is 1. The SMILES string of the molecule is CC(C)(C)OC(=O)Nc1cc(N)ncc1Br. The van der Waals surface area contributed by atoms with Crippen LogP contribution in [0.5, 0.6) is 0 Å². The summed E-state index contributed by atoms with van der Waals surface area (Å²) in [6.45, 7) is 5.38. The van der Waals surface area contributed by atoms with Crippen molar-refractivity contribution in [2.24, 2.45) is 0 Å². The lowest BCUT2D eigenvalue weighted by Crippen LogP contribution is -2.27. The molecule has 1 amide bonds. The van der Waals surface area contributed by atoms with Gasteiger partial charge in [0.05, 0.1) is 10.2 Å². The van der Waals surface area contributed by atoms with E-state index in [0.29, 0.717) is 16.0 Å². The molecule has 0 saturated carbocycles. The molecule has 0 unspecified atom stereocenters. The van der Waals surface area contributed by atoms with E-state index in [-0.39, 0.29) is 0 Å². The van der Waals surface area contributed by atoms with Crippen molar-refractivity contribution in [3.63, 3.8) is 0 Å². The lowest BCUT2D eigenvalue weighted by molar-refractivity contribution is 0.0636.